The number of thioether (sulfide) groups is 1. The summed E-state index contributed by atoms with van der Waals surface area (Å²) in [7, 11) is 0. The zero-order valence-electron chi connectivity index (χ0n) is 22.2. The van der Waals surface area contributed by atoms with E-state index >= 15 is 0 Å². The average Bonchev–Trinajstić information content (AvgIpc) is 3.64. The van der Waals surface area contributed by atoms with E-state index < -0.39 is 0 Å². The molecule has 0 radical (unpaired) electrons. The molecule has 3 heterocycles. The third kappa shape index (κ3) is 7.08. The Morgan fingerprint density at radius 1 is 1.02 bits per heavy atom. The van der Waals surface area contributed by atoms with Crippen LogP contribution in [-0.4, -0.2) is 64.8 Å². The van der Waals surface area contributed by atoms with E-state index in [2.05, 4.69) is 28.4 Å². The molecule has 7 nitrogen and oxygen atoms in total. The van der Waals surface area contributed by atoms with Crippen molar-refractivity contribution in [3.8, 4) is 11.5 Å². The van der Waals surface area contributed by atoms with Crippen molar-refractivity contribution in [3.05, 3.63) is 100 Å². The molecule has 2 saturated heterocycles. The summed E-state index contributed by atoms with van der Waals surface area (Å²) in [5.74, 6) is 2.19. The number of hydrogen-bond acceptors (Lipinski definition) is 7. The van der Waals surface area contributed by atoms with Crippen LogP contribution in [0.3, 0.4) is 0 Å². The number of hydrogen-bond donors (Lipinski definition) is 1. The van der Waals surface area contributed by atoms with E-state index in [1.165, 1.54) is 5.56 Å². The number of nitrogens with one attached hydrogen (secondary N) is 1. The molecule has 0 bridgehead atoms. The zero-order chi connectivity index (χ0) is 27.5. The minimum absolute atomic E-state index is 0. The van der Waals surface area contributed by atoms with Crippen molar-refractivity contribution in [3.63, 3.8) is 0 Å². The SMILES string of the molecule is Cc1oc2ccc(OCc3ccccc3)cc2c1CN1CCC[C@H]1COc1ccc(C=C2SC(=O)NC2=O)cc1.[NaH]. The third-order valence-corrected chi connectivity index (χ3v) is 8.15. The maximum atomic E-state index is 11.8. The van der Waals surface area contributed by atoms with Gasteiger partial charge in [-0.3, -0.25) is 19.8 Å². The molecule has 0 saturated carbocycles. The summed E-state index contributed by atoms with van der Waals surface area (Å²) in [6.07, 6.45) is 3.91. The van der Waals surface area contributed by atoms with E-state index in [1.807, 2.05) is 61.5 Å². The molecular weight excluding hydrogens is 547 g/mol. The predicted octanol–water partition coefficient (Wildman–Crippen LogP) is 6.04. The number of carbonyl (C=O) groups excluding carboxylic acids is 2. The van der Waals surface area contributed by atoms with Gasteiger partial charge in [0.1, 0.15) is 36.1 Å². The number of nitrogens with zero attached hydrogens (tertiary/aromatic N) is 1. The monoisotopic (exact) mass is 578 g/mol. The standard InChI is InChI=1S/C32H30N2O5S.Na.H/c1-21-28(27-17-26(13-14-29(27)39-21)37-19-23-6-3-2-4-7-23)18-34-15-5-8-24(34)20-38-25-11-9-22(10-12-25)16-30-31(35)33-32(36)40-30;;/h2-4,6-7,9-14,16-17,24H,5,8,15,18-20H2,1H3,(H,33,35,36);;/t24-;;/m0../s1. The van der Waals surface area contributed by atoms with Crippen LogP contribution in [0.25, 0.3) is 17.0 Å². The Labute approximate surface area is 265 Å². The number of carbonyl (C=O) groups is 2. The van der Waals surface area contributed by atoms with Crippen molar-refractivity contribution in [1.82, 2.24) is 10.2 Å². The Kier molecular flexibility index (Phi) is 9.57. The molecule has 0 aliphatic carbocycles. The van der Waals surface area contributed by atoms with Gasteiger partial charge in [0.25, 0.3) is 11.1 Å². The van der Waals surface area contributed by atoms with Crippen LogP contribution in [-0.2, 0) is 17.9 Å². The number of aryl methyl sites for hydroxylation is 1. The van der Waals surface area contributed by atoms with Gasteiger partial charge in [0, 0.05) is 23.5 Å². The van der Waals surface area contributed by atoms with Crippen LogP contribution in [0.5, 0.6) is 11.5 Å². The van der Waals surface area contributed by atoms with Gasteiger partial charge in [-0.2, -0.15) is 0 Å². The van der Waals surface area contributed by atoms with Crippen LogP contribution in [0.2, 0.25) is 0 Å². The molecule has 206 valence electrons. The number of fused-ring (bicyclic) bond motifs is 1. The third-order valence-electron chi connectivity index (χ3n) is 7.34. The summed E-state index contributed by atoms with van der Waals surface area (Å²) in [6, 6.07) is 24.1. The molecule has 41 heavy (non-hydrogen) atoms. The fourth-order valence-electron chi connectivity index (χ4n) is 5.20. The van der Waals surface area contributed by atoms with Crippen molar-refractivity contribution in [1.29, 1.82) is 0 Å². The molecule has 2 fully saturated rings. The van der Waals surface area contributed by atoms with Gasteiger partial charge in [0.2, 0.25) is 0 Å². The molecule has 2 aliphatic rings. The first kappa shape index (κ1) is 29.5. The molecule has 2 aliphatic heterocycles. The van der Waals surface area contributed by atoms with Crippen LogP contribution < -0.4 is 14.8 Å². The zero-order valence-corrected chi connectivity index (χ0v) is 23.0. The van der Waals surface area contributed by atoms with E-state index in [-0.39, 0.29) is 40.7 Å². The van der Waals surface area contributed by atoms with Gasteiger partial charge in [-0.25, -0.2) is 0 Å². The molecule has 2 amide bonds. The number of likely N-dealkylation sites (tertiary alicyclic amines) is 1. The van der Waals surface area contributed by atoms with Crippen molar-refractivity contribution < 1.29 is 23.5 Å². The van der Waals surface area contributed by atoms with Crippen LogP contribution in [0, 0.1) is 6.92 Å². The minimum atomic E-state index is -0.353. The van der Waals surface area contributed by atoms with Crippen LogP contribution in [0.4, 0.5) is 4.79 Å². The Bertz CT molecular complexity index is 1570. The number of furan rings is 1. The van der Waals surface area contributed by atoms with Crippen LogP contribution in [0.1, 0.15) is 35.3 Å². The molecule has 0 spiro atoms. The second-order valence-electron chi connectivity index (χ2n) is 10.1. The summed E-state index contributed by atoms with van der Waals surface area (Å²) in [5.41, 5.74) is 4.04. The van der Waals surface area contributed by atoms with Crippen LogP contribution >= 0.6 is 11.8 Å². The summed E-state index contributed by atoms with van der Waals surface area (Å²) in [4.78, 5) is 26.0. The van der Waals surface area contributed by atoms with Crippen molar-refractivity contribution in [2.24, 2.45) is 0 Å². The first-order valence-corrected chi connectivity index (χ1v) is 14.2. The van der Waals surface area contributed by atoms with Gasteiger partial charge >= 0.3 is 29.6 Å². The summed E-state index contributed by atoms with van der Waals surface area (Å²) < 4.78 is 18.4. The Morgan fingerprint density at radius 2 is 1.80 bits per heavy atom. The molecule has 1 N–H and O–H groups in total. The van der Waals surface area contributed by atoms with Crippen molar-refractivity contribution >= 4 is 69.5 Å². The van der Waals surface area contributed by atoms with Gasteiger partial charge in [0.15, 0.2) is 0 Å². The van der Waals surface area contributed by atoms with E-state index in [1.54, 1.807) is 6.08 Å². The molecule has 1 atom stereocenters. The molecule has 9 heteroatoms. The summed E-state index contributed by atoms with van der Waals surface area (Å²) >= 11 is 0.916. The number of amides is 2. The van der Waals surface area contributed by atoms with Gasteiger partial charge in [-0.15, -0.1) is 0 Å². The van der Waals surface area contributed by atoms with Crippen molar-refractivity contribution in [2.45, 2.75) is 39.0 Å². The Hall–Kier alpha value is -3.01. The average molecular weight is 579 g/mol. The van der Waals surface area contributed by atoms with E-state index in [0.29, 0.717) is 24.2 Å². The molecular formula is C32H31N2NaO5S. The normalized spacial score (nSPS) is 18.1. The second-order valence-corrected chi connectivity index (χ2v) is 11.1. The number of imide groups is 1. The predicted molar refractivity (Wildman–Crippen MR) is 163 cm³/mol. The summed E-state index contributed by atoms with van der Waals surface area (Å²) in [5, 5.41) is 3.03. The van der Waals surface area contributed by atoms with E-state index in [9.17, 15) is 9.59 Å². The quantitative estimate of drug-likeness (QED) is 0.192. The van der Waals surface area contributed by atoms with Gasteiger partial charge in [-0.1, -0.05) is 42.5 Å². The Morgan fingerprint density at radius 3 is 2.56 bits per heavy atom. The van der Waals surface area contributed by atoms with Crippen LogP contribution in [0.15, 0.2) is 82.1 Å². The first-order valence-electron chi connectivity index (χ1n) is 13.4. The molecule has 1 aromatic heterocycles. The fourth-order valence-corrected chi connectivity index (χ4v) is 5.88. The van der Waals surface area contributed by atoms with E-state index in [4.69, 9.17) is 13.9 Å². The maximum absolute atomic E-state index is 11.8. The van der Waals surface area contributed by atoms with Gasteiger partial charge in [-0.05, 0) is 85.6 Å². The van der Waals surface area contributed by atoms with Crippen molar-refractivity contribution in [2.75, 3.05) is 13.2 Å². The molecule has 3 aromatic carbocycles. The molecule has 4 aromatic rings. The fraction of sp³-hybridized carbons (Fsp3) is 0.250. The first-order chi connectivity index (χ1) is 19.5. The van der Waals surface area contributed by atoms with Gasteiger partial charge in [0.05, 0.1) is 4.91 Å². The topological polar surface area (TPSA) is 81.0 Å². The van der Waals surface area contributed by atoms with E-state index in [0.717, 1.165) is 77.0 Å². The molecule has 0 unspecified atom stereocenters. The van der Waals surface area contributed by atoms with Gasteiger partial charge < -0.3 is 13.9 Å². The molecule has 6 rings (SSSR count). The summed E-state index contributed by atoms with van der Waals surface area (Å²) in [6.45, 7) is 4.95. The number of ether oxygens (including phenoxy) is 2. The second kappa shape index (κ2) is 13.3. The number of benzene rings is 3. The number of rotatable bonds is 9. The Balaban J connectivity index is 0.00000337.